The first-order valence-corrected chi connectivity index (χ1v) is 9.25. The summed E-state index contributed by atoms with van der Waals surface area (Å²) in [5, 5.41) is 10.4. The Bertz CT molecular complexity index is 591. The van der Waals surface area contributed by atoms with Crippen molar-refractivity contribution in [1.29, 1.82) is 0 Å². The maximum absolute atomic E-state index is 12.8. The Balaban J connectivity index is 1.65. The molecule has 1 saturated carbocycles. The molecule has 3 rings (SSSR count). The Morgan fingerprint density at radius 2 is 1.79 bits per heavy atom. The van der Waals surface area contributed by atoms with E-state index >= 15 is 0 Å². The van der Waals surface area contributed by atoms with Crippen molar-refractivity contribution in [2.45, 2.75) is 50.7 Å². The topological polar surface area (TPSA) is 49.8 Å². The zero-order valence-corrected chi connectivity index (χ0v) is 15.3. The zero-order chi connectivity index (χ0) is 17.3. The molecule has 0 bridgehead atoms. The predicted octanol–water partition coefficient (Wildman–Crippen LogP) is 4.05. The SMILES string of the molecule is COC1CCC(N2CC[C@@H](Cc3c(Cl)cc(O)cc3Cl)C2=O)CC1. The Hall–Kier alpha value is -0.970. The van der Waals surface area contributed by atoms with Gasteiger partial charge in [0.15, 0.2) is 0 Å². The van der Waals surface area contributed by atoms with E-state index in [4.69, 9.17) is 27.9 Å². The number of halogens is 2. The van der Waals surface area contributed by atoms with Gasteiger partial charge in [-0.15, -0.1) is 0 Å². The molecule has 1 aliphatic heterocycles. The van der Waals surface area contributed by atoms with E-state index < -0.39 is 0 Å². The molecule has 6 heteroatoms. The number of carbonyl (C=O) groups excluding carboxylic acids is 1. The molecule has 0 unspecified atom stereocenters. The van der Waals surface area contributed by atoms with E-state index in [9.17, 15) is 9.90 Å². The molecule has 132 valence electrons. The van der Waals surface area contributed by atoms with Crippen LogP contribution in [0.15, 0.2) is 12.1 Å². The number of aromatic hydroxyl groups is 1. The van der Waals surface area contributed by atoms with Crippen molar-refractivity contribution in [3.05, 3.63) is 27.7 Å². The standard InChI is InChI=1S/C18H23Cl2NO3/c1-24-14-4-2-12(3-5-14)21-7-6-11(18(21)23)8-15-16(19)9-13(22)10-17(15)20/h9-12,14,22H,2-8H2,1H3/t11-,12?,14?/m0/s1. The molecule has 1 saturated heterocycles. The number of hydrogen-bond acceptors (Lipinski definition) is 3. The lowest BCUT2D eigenvalue weighted by Crippen LogP contribution is -2.41. The predicted molar refractivity (Wildman–Crippen MR) is 94.7 cm³/mol. The summed E-state index contributed by atoms with van der Waals surface area (Å²) in [6, 6.07) is 3.29. The zero-order valence-electron chi connectivity index (χ0n) is 13.8. The number of hydrogen-bond donors (Lipinski definition) is 1. The highest BCUT2D eigenvalue weighted by atomic mass is 35.5. The average molecular weight is 372 g/mol. The van der Waals surface area contributed by atoms with Gasteiger partial charge in [0.1, 0.15) is 5.75 Å². The van der Waals surface area contributed by atoms with E-state index in [1.807, 2.05) is 4.90 Å². The molecule has 0 radical (unpaired) electrons. The monoisotopic (exact) mass is 371 g/mol. The van der Waals surface area contributed by atoms with Crippen LogP contribution in [-0.4, -0.2) is 41.7 Å². The van der Waals surface area contributed by atoms with Gasteiger partial charge in [0.25, 0.3) is 0 Å². The van der Waals surface area contributed by atoms with Crippen molar-refractivity contribution < 1.29 is 14.6 Å². The second-order valence-electron chi connectivity index (χ2n) is 6.78. The molecule has 1 heterocycles. The van der Waals surface area contributed by atoms with Gasteiger partial charge in [-0.2, -0.15) is 0 Å². The first kappa shape index (κ1) is 17.8. The molecule has 1 amide bonds. The van der Waals surface area contributed by atoms with Crippen LogP contribution in [0.5, 0.6) is 5.75 Å². The minimum absolute atomic E-state index is 0.0445. The summed E-state index contributed by atoms with van der Waals surface area (Å²) >= 11 is 12.4. The number of rotatable bonds is 4. The van der Waals surface area contributed by atoms with Crippen LogP contribution < -0.4 is 0 Å². The number of likely N-dealkylation sites (tertiary alicyclic amines) is 1. The maximum Gasteiger partial charge on any atom is 0.226 e. The molecule has 1 aliphatic carbocycles. The van der Waals surface area contributed by atoms with Crippen LogP contribution in [0.25, 0.3) is 0 Å². The minimum Gasteiger partial charge on any atom is -0.508 e. The number of amides is 1. The summed E-state index contributed by atoms with van der Waals surface area (Å²) in [7, 11) is 1.76. The average Bonchev–Trinajstić information content (AvgIpc) is 2.92. The summed E-state index contributed by atoms with van der Waals surface area (Å²) in [6.07, 6.45) is 5.76. The van der Waals surface area contributed by atoms with Crippen LogP contribution in [0.1, 0.15) is 37.7 Å². The molecule has 4 nitrogen and oxygen atoms in total. The molecule has 0 spiro atoms. The fourth-order valence-electron chi connectivity index (χ4n) is 3.94. The van der Waals surface area contributed by atoms with Gasteiger partial charge in [-0.25, -0.2) is 0 Å². The summed E-state index contributed by atoms with van der Waals surface area (Å²) in [5.41, 5.74) is 0.749. The third-order valence-electron chi connectivity index (χ3n) is 5.34. The first-order valence-electron chi connectivity index (χ1n) is 8.49. The van der Waals surface area contributed by atoms with Gasteiger partial charge in [-0.05, 0) is 56.2 Å². The van der Waals surface area contributed by atoms with Crippen LogP contribution in [0.4, 0.5) is 0 Å². The largest absolute Gasteiger partial charge is 0.508 e. The summed E-state index contributed by atoms with van der Waals surface area (Å²) in [6.45, 7) is 0.805. The van der Waals surface area contributed by atoms with Gasteiger partial charge in [0.05, 0.1) is 6.10 Å². The summed E-state index contributed by atoms with van der Waals surface area (Å²) in [4.78, 5) is 14.8. The second-order valence-corrected chi connectivity index (χ2v) is 7.59. The molecular formula is C18H23Cl2NO3. The number of ether oxygens (including phenoxy) is 1. The fraction of sp³-hybridized carbons (Fsp3) is 0.611. The molecule has 2 fully saturated rings. The fourth-order valence-corrected chi connectivity index (χ4v) is 4.57. The van der Waals surface area contributed by atoms with Crippen molar-refractivity contribution in [3.8, 4) is 5.75 Å². The lowest BCUT2D eigenvalue weighted by Gasteiger charge is -2.34. The number of phenolic OH excluding ortho intramolecular Hbond substituents is 1. The van der Waals surface area contributed by atoms with E-state index in [1.54, 1.807) is 7.11 Å². The van der Waals surface area contributed by atoms with Crippen LogP contribution in [0.2, 0.25) is 10.0 Å². The molecule has 24 heavy (non-hydrogen) atoms. The normalized spacial score (nSPS) is 27.7. The molecule has 2 aliphatic rings. The quantitative estimate of drug-likeness (QED) is 0.868. The van der Waals surface area contributed by atoms with Crippen LogP contribution >= 0.6 is 23.2 Å². The lowest BCUT2D eigenvalue weighted by atomic mass is 9.91. The Morgan fingerprint density at radius 1 is 1.17 bits per heavy atom. The van der Waals surface area contributed by atoms with E-state index in [0.717, 1.165) is 44.2 Å². The molecule has 1 N–H and O–H groups in total. The summed E-state index contributed by atoms with van der Waals surface area (Å²) < 4.78 is 5.41. The van der Waals surface area contributed by atoms with Crippen LogP contribution in [-0.2, 0) is 16.0 Å². The minimum atomic E-state index is -0.0790. The van der Waals surface area contributed by atoms with Crippen LogP contribution in [0, 0.1) is 5.92 Å². The van der Waals surface area contributed by atoms with Gasteiger partial charge in [-0.3, -0.25) is 4.79 Å². The highest BCUT2D eigenvalue weighted by Crippen LogP contribution is 2.35. The van der Waals surface area contributed by atoms with Crippen LogP contribution in [0.3, 0.4) is 0 Å². The molecule has 1 aromatic carbocycles. The van der Waals surface area contributed by atoms with Crippen molar-refractivity contribution in [2.75, 3.05) is 13.7 Å². The number of nitrogens with zero attached hydrogens (tertiary/aromatic N) is 1. The number of methoxy groups -OCH3 is 1. The molecule has 1 atom stereocenters. The molecule has 1 aromatic rings. The third kappa shape index (κ3) is 3.66. The second kappa shape index (κ2) is 7.51. The van der Waals surface area contributed by atoms with Crippen molar-refractivity contribution in [3.63, 3.8) is 0 Å². The smallest absolute Gasteiger partial charge is 0.226 e. The number of phenols is 1. The van der Waals surface area contributed by atoms with E-state index in [2.05, 4.69) is 0 Å². The Morgan fingerprint density at radius 3 is 2.38 bits per heavy atom. The maximum atomic E-state index is 12.8. The summed E-state index contributed by atoms with van der Waals surface area (Å²) in [5.74, 6) is 0.170. The molecule has 0 aromatic heterocycles. The van der Waals surface area contributed by atoms with Crippen molar-refractivity contribution in [2.24, 2.45) is 5.92 Å². The van der Waals surface area contributed by atoms with Gasteiger partial charge >= 0.3 is 0 Å². The van der Waals surface area contributed by atoms with E-state index in [-0.39, 0.29) is 17.6 Å². The van der Waals surface area contributed by atoms with Crippen molar-refractivity contribution in [1.82, 2.24) is 4.90 Å². The van der Waals surface area contributed by atoms with Gasteiger partial charge in [0.2, 0.25) is 5.91 Å². The third-order valence-corrected chi connectivity index (χ3v) is 6.02. The molecular weight excluding hydrogens is 349 g/mol. The Kier molecular flexibility index (Phi) is 5.58. The highest BCUT2D eigenvalue weighted by Gasteiger charge is 2.37. The van der Waals surface area contributed by atoms with Crippen molar-refractivity contribution >= 4 is 29.1 Å². The number of benzene rings is 1. The first-order chi connectivity index (χ1) is 11.5. The highest BCUT2D eigenvalue weighted by molar-refractivity contribution is 6.36. The van der Waals surface area contributed by atoms with Gasteiger partial charge in [0, 0.05) is 35.7 Å². The van der Waals surface area contributed by atoms with E-state index in [1.165, 1.54) is 12.1 Å². The number of carbonyl (C=O) groups is 1. The van der Waals surface area contributed by atoms with Gasteiger partial charge in [-0.1, -0.05) is 23.2 Å². The Labute approximate surface area is 152 Å². The lowest BCUT2D eigenvalue weighted by molar-refractivity contribution is -0.134. The van der Waals surface area contributed by atoms with E-state index in [0.29, 0.717) is 28.6 Å². The van der Waals surface area contributed by atoms with Gasteiger partial charge < -0.3 is 14.7 Å².